The molecule has 4 rings (SSSR count). The van der Waals surface area contributed by atoms with E-state index >= 15 is 0 Å². The van der Waals surface area contributed by atoms with E-state index in [1.165, 1.54) is 16.2 Å². The molecular formula is C21H19N5O3S2. The minimum Gasteiger partial charge on any atom is -0.861 e. The smallest absolute Gasteiger partial charge is 0.320 e. The van der Waals surface area contributed by atoms with Crippen LogP contribution in [0.2, 0.25) is 0 Å². The van der Waals surface area contributed by atoms with Crippen LogP contribution >= 0.6 is 23.1 Å². The molecule has 31 heavy (non-hydrogen) atoms. The van der Waals surface area contributed by atoms with Gasteiger partial charge in [-0.15, -0.1) is 11.3 Å². The molecule has 0 saturated heterocycles. The van der Waals surface area contributed by atoms with Gasteiger partial charge in [-0.05, 0) is 54.1 Å². The van der Waals surface area contributed by atoms with Crippen molar-refractivity contribution in [3.8, 4) is 0 Å². The number of para-hydroxylation sites is 1. The number of anilines is 1. The first-order chi connectivity index (χ1) is 15.0. The number of carbonyl (C=O) groups is 1. The minimum absolute atomic E-state index is 0.00407. The van der Waals surface area contributed by atoms with Crippen LogP contribution in [-0.2, 0) is 4.79 Å². The predicted octanol–water partition coefficient (Wildman–Crippen LogP) is 3.17. The fourth-order valence-electron chi connectivity index (χ4n) is 2.73. The third-order valence-corrected chi connectivity index (χ3v) is 5.97. The van der Waals surface area contributed by atoms with Crippen molar-refractivity contribution in [1.82, 2.24) is 5.27 Å². The van der Waals surface area contributed by atoms with Crippen LogP contribution in [-0.4, -0.2) is 28.0 Å². The summed E-state index contributed by atoms with van der Waals surface area (Å²) in [7, 11) is 0. The molecule has 3 aromatic rings. The summed E-state index contributed by atoms with van der Waals surface area (Å²) in [5.41, 5.74) is 1.01. The summed E-state index contributed by atoms with van der Waals surface area (Å²) in [5.74, 6) is -0.498. The molecule has 2 aromatic heterocycles. The van der Waals surface area contributed by atoms with Gasteiger partial charge in [-0.2, -0.15) is 0 Å². The van der Waals surface area contributed by atoms with Crippen LogP contribution in [0.1, 0.15) is 24.8 Å². The molecule has 158 valence electrons. The monoisotopic (exact) mass is 453 g/mol. The molecule has 0 atom stereocenters. The van der Waals surface area contributed by atoms with E-state index in [0.29, 0.717) is 16.6 Å². The molecule has 10 heteroatoms. The van der Waals surface area contributed by atoms with E-state index in [-0.39, 0.29) is 23.6 Å². The number of carbonyl (C=O) groups excluding carboxylic acids is 1. The van der Waals surface area contributed by atoms with Gasteiger partial charge >= 0.3 is 5.88 Å². The quantitative estimate of drug-likeness (QED) is 0.247. The number of amidine groups is 1. The molecule has 1 aromatic carbocycles. The molecule has 1 aliphatic rings. The Morgan fingerprint density at radius 2 is 2.13 bits per heavy atom. The molecular weight excluding hydrogens is 434 g/mol. The third-order valence-electron chi connectivity index (χ3n) is 4.23. The highest BCUT2D eigenvalue weighted by atomic mass is 32.2. The van der Waals surface area contributed by atoms with Gasteiger partial charge in [0.2, 0.25) is 5.27 Å². The summed E-state index contributed by atoms with van der Waals surface area (Å²) in [6, 6.07) is 13.2. The van der Waals surface area contributed by atoms with Gasteiger partial charge in [-0.25, -0.2) is 9.98 Å². The van der Waals surface area contributed by atoms with Crippen LogP contribution in [0.15, 0.2) is 74.2 Å². The summed E-state index contributed by atoms with van der Waals surface area (Å²) in [4.78, 5) is 23.9. The SMILES string of the molecule is CC(C)[n+]1cc(/N=C(\[O-])CSC2=N/C(=C/c3cccs3)C(=O)N2c2ccccc2)on1. The molecule has 8 nitrogen and oxygen atoms in total. The van der Waals surface area contributed by atoms with Gasteiger partial charge < -0.3 is 5.11 Å². The Hall–Kier alpha value is -3.24. The summed E-state index contributed by atoms with van der Waals surface area (Å²) in [5, 5.41) is 18.5. The maximum absolute atomic E-state index is 13.0. The second-order valence-corrected chi connectivity index (χ2v) is 8.75. The highest BCUT2D eigenvalue weighted by Crippen LogP contribution is 2.29. The lowest BCUT2D eigenvalue weighted by atomic mass is 10.3. The summed E-state index contributed by atoms with van der Waals surface area (Å²) in [6.07, 6.45) is 3.32. The highest BCUT2D eigenvalue weighted by molar-refractivity contribution is 8.14. The Labute approximate surface area is 187 Å². The number of aromatic nitrogens is 2. The van der Waals surface area contributed by atoms with Gasteiger partial charge in [-0.1, -0.05) is 36.0 Å². The van der Waals surface area contributed by atoms with Crippen molar-refractivity contribution in [3.05, 3.63) is 64.6 Å². The normalized spacial score (nSPS) is 15.9. The van der Waals surface area contributed by atoms with Crippen molar-refractivity contribution < 1.29 is 19.1 Å². The molecule has 0 unspecified atom stereocenters. The molecule has 0 N–H and O–H groups in total. The molecule has 0 spiro atoms. The molecule has 0 saturated carbocycles. The van der Waals surface area contributed by atoms with E-state index in [0.717, 1.165) is 16.6 Å². The van der Waals surface area contributed by atoms with Gasteiger partial charge in [0.1, 0.15) is 5.70 Å². The number of amides is 1. The largest absolute Gasteiger partial charge is 0.861 e. The predicted molar refractivity (Wildman–Crippen MR) is 120 cm³/mol. The summed E-state index contributed by atoms with van der Waals surface area (Å²) >= 11 is 2.68. The maximum atomic E-state index is 13.0. The van der Waals surface area contributed by atoms with Gasteiger partial charge in [0.05, 0.1) is 5.69 Å². The Kier molecular flexibility index (Phi) is 6.28. The number of benzene rings is 1. The second kappa shape index (κ2) is 9.27. The fraction of sp³-hybridized carbons (Fsp3) is 0.190. The van der Waals surface area contributed by atoms with E-state index < -0.39 is 5.90 Å². The van der Waals surface area contributed by atoms with Crippen molar-refractivity contribution in [2.24, 2.45) is 9.98 Å². The van der Waals surface area contributed by atoms with E-state index in [1.807, 2.05) is 61.7 Å². The lowest BCUT2D eigenvalue weighted by molar-refractivity contribution is -0.779. The van der Waals surface area contributed by atoms with Gasteiger partial charge in [-0.3, -0.25) is 14.2 Å². The number of nitrogens with zero attached hydrogens (tertiary/aromatic N) is 5. The molecule has 0 fully saturated rings. The van der Waals surface area contributed by atoms with E-state index in [4.69, 9.17) is 4.52 Å². The summed E-state index contributed by atoms with van der Waals surface area (Å²) < 4.78 is 6.65. The maximum Gasteiger partial charge on any atom is 0.320 e. The third kappa shape index (κ3) is 4.92. The molecule has 1 amide bonds. The van der Waals surface area contributed by atoms with Crippen LogP contribution in [0.25, 0.3) is 6.08 Å². The fourth-order valence-corrected chi connectivity index (χ4v) is 4.18. The first-order valence-electron chi connectivity index (χ1n) is 9.50. The van der Waals surface area contributed by atoms with Crippen molar-refractivity contribution >= 4 is 57.7 Å². The van der Waals surface area contributed by atoms with Gasteiger partial charge in [0, 0.05) is 10.6 Å². The molecule has 3 heterocycles. The van der Waals surface area contributed by atoms with E-state index in [1.54, 1.807) is 17.0 Å². The lowest BCUT2D eigenvalue weighted by Gasteiger charge is -2.18. The number of hydrogen-bond donors (Lipinski definition) is 0. The number of aliphatic imine (C=N–C) groups is 2. The molecule has 1 aliphatic heterocycles. The summed E-state index contributed by atoms with van der Waals surface area (Å²) in [6.45, 7) is 3.89. The second-order valence-electron chi connectivity index (χ2n) is 6.82. The van der Waals surface area contributed by atoms with Gasteiger partial charge in [0.25, 0.3) is 12.1 Å². The average Bonchev–Trinajstić information content (AvgIpc) is 3.49. The zero-order chi connectivity index (χ0) is 21.8. The Morgan fingerprint density at radius 3 is 2.81 bits per heavy atom. The first-order valence-corrected chi connectivity index (χ1v) is 11.4. The Morgan fingerprint density at radius 1 is 1.32 bits per heavy atom. The van der Waals surface area contributed by atoms with Gasteiger partial charge in [0.15, 0.2) is 11.2 Å². The van der Waals surface area contributed by atoms with Crippen LogP contribution in [0, 0.1) is 0 Å². The van der Waals surface area contributed by atoms with Crippen molar-refractivity contribution in [3.63, 3.8) is 0 Å². The first kappa shape index (κ1) is 21.0. The Balaban J connectivity index is 1.55. The van der Waals surface area contributed by atoms with Crippen LogP contribution in [0.5, 0.6) is 0 Å². The minimum atomic E-state index is -0.407. The van der Waals surface area contributed by atoms with Crippen LogP contribution < -0.4 is 14.7 Å². The van der Waals surface area contributed by atoms with Crippen molar-refractivity contribution in [2.75, 3.05) is 10.7 Å². The number of hydrogen-bond acceptors (Lipinski definition) is 8. The van der Waals surface area contributed by atoms with E-state index in [9.17, 15) is 9.90 Å². The lowest BCUT2D eigenvalue weighted by Crippen LogP contribution is -2.36. The number of rotatable bonds is 6. The zero-order valence-corrected chi connectivity index (χ0v) is 18.5. The van der Waals surface area contributed by atoms with E-state index in [2.05, 4.69) is 15.3 Å². The molecule has 0 aliphatic carbocycles. The standard InChI is InChI=1S/C21H19N5O3S2/c1-14(2)25-12-19(29-24-25)23-18(27)13-31-21-22-17(11-16-9-6-10-30-16)20(28)26(21)15-7-4-3-5-8-15/h3-12,14H,13H2,1-2H3/b17-11+. The van der Waals surface area contributed by atoms with Crippen LogP contribution in [0.3, 0.4) is 0 Å². The molecule has 0 bridgehead atoms. The highest BCUT2D eigenvalue weighted by Gasteiger charge is 2.31. The van der Waals surface area contributed by atoms with Crippen LogP contribution in [0.4, 0.5) is 11.6 Å². The Bertz CT molecular complexity index is 1150. The molecule has 0 radical (unpaired) electrons. The van der Waals surface area contributed by atoms with Crippen molar-refractivity contribution in [2.45, 2.75) is 19.9 Å². The zero-order valence-electron chi connectivity index (χ0n) is 16.8. The number of thioether (sulfide) groups is 1. The topological polar surface area (TPSA) is 98.0 Å². The number of thiophene rings is 1. The average molecular weight is 454 g/mol. The van der Waals surface area contributed by atoms with Crippen molar-refractivity contribution in [1.29, 1.82) is 0 Å².